The van der Waals surface area contributed by atoms with Crippen molar-refractivity contribution in [1.29, 1.82) is 0 Å². The molecule has 2 nitrogen and oxygen atoms in total. The van der Waals surface area contributed by atoms with Gasteiger partial charge in [-0.2, -0.15) is 0 Å². The number of carbonyl (C=O) groups is 1. The molecule has 3 heteroatoms. The molecular weight excluding hydrogens is 220 g/mol. The quantitative estimate of drug-likeness (QED) is 0.780. The molecule has 0 aliphatic heterocycles. The van der Waals surface area contributed by atoms with Crippen molar-refractivity contribution in [3.05, 3.63) is 22.6 Å². The minimum absolute atomic E-state index is 0.211. The monoisotopic (exact) mass is 228 g/mol. The summed E-state index contributed by atoms with van der Waals surface area (Å²) in [5.41, 5.74) is 0. The Labute approximate surface area is 79.1 Å². The van der Waals surface area contributed by atoms with Crippen LogP contribution in [0.25, 0.3) is 0 Å². The minimum atomic E-state index is 0.211. The SMILES string of the molecule is CC(=O)C1CC1c1ccc(Br)o1. The molecule has 2 atom stereocenters. The fraction of sp³-hybridized carbons (Fsp3) is 0.444. The third-order valence-corrected chi connectivity index (χ3v) is 2.70. The van der Waals surface area contributed by atoms with Crippen LogP contribution in [0.4, 0.5) is 0 Å². The van der Waals surface area contributed by atoms with Crippen LogP contribution < -0.4 is 0 Å². The zero-order chi connectivity index (χ0) is 8.72. The predicted molar refractivity (Wildman–Crippen MR) is 47.9 cm³/mol. The van der Waals surface area contributed by atoms with Crippen LogP contribution in [0, 0.1) is 5.92 Å². The number of carbonyl (C=O) groups excluding carboxylic acids is 1. The van der Waals surface area contributed by atoms with Crippen molar-refractivity contribution < 1.29 is 9.21 Å². The van der Waals surface area contributed by atoms with E-state index in [-0.39, 0.29) is 11.7 Å². The molecule has 1 saturated carbocycles. The van der Waals surface area contributed by atoms with E-state index < -0.39 is 0 Å². The Morgan fingerprint density at radius 1 is 1.67 bits per heavy atom. The molecule has 0 aromatic carbocycles. The van der Waals surface area contributed by atoms with Gasteiger partial charge in [-0.25, -0.2) is 0 Å². The number of hydrogen-bond acceptors (Lipinski definition) is 2. The van der Waals surface area contributed by atoms with Crippen molar-refractivity contribution in [2.75, 3.05) is 0 Å². The fourth-order valence-electron chi connectivity index (χ4n) is 1.49. The molecule has 0 bridgehead atoms. The lowest BCUT2D eigenvalue weighted by atomic mass is 10.2. The Morgan fingerprint density at radius 2 is 2.42 bits per heavy atom. The molecule has 64 valence electrons. The lowest BCUT2D eigenvalue weighted by Crippen LogP contribution is -1.93. The summed E-state index contributed by atoms with van der Waals surface area (Å²) in [6.07, 6.45) is 0.954. The highest BCUT2D eigenvalue weighted by Crippen LogP contribution is 2.48. The first kappa shape index (κ1) is 8.05. The van der Waals surface area contributed by atoms with Gasteiger partial charge < -0.3 is 4.42 Å². The Kier molecular flexibility index (Phi) is 1.83. The highest BCUT2D eigenvalue weighted by Gasteiger charge is 2.43. The van der Waals surface area contributed by atoms with Gasteiger partial charge in [0, 0.05) is 11.8 Å². The summed E-state index contributed by atoms with van der Waals surface area (Å²) in [5.74, 6) is 1.76. The Bertz CT molecular complexity index is 316. The lowest BCUT2D eigenvalue weighted by Gasteiger charge is -1.90. The van der Waals surface area contributed by atoms with Gasteiger partial charge in [-0.05, 0) is 41.4 Å². The molecule has 1 aromatic rings. The lowest BCUT2D eigenvalue weighted by molar-refractivity contribution is -0.118. The van der Waals surface area contributed by atoms with E-state index in [1.54, 1.807) is 6.92 Å². The zero-order valence-corrected chi connectivity index (χ0v) is 8.30. The van der Waals surface area contributed by atoms with Crippen LogP contribution >= 0.6 is 15.9 Å². The van der Waals surface area contributed by atoms with Gasteiger partial charge >= 0.3 is 0 Å². The second kappa shape index (κ2) is 2.73. The van der Waals surface area contributed by atoms with Crippen LogP contribution in [0.5, 0.6) is 0 Å². The molecule has 0 amide bonds. The van der Waals surface area contributed by atoms with E-state index in [0.717, 1.165) is 16.9 Å². The third-order valence-electron chi connectivity index (χ3n) is 2.27. The molecule has 0 spiro atoms. The van der Waals surface area contributed by atoms with Gasteiger partial charge in [0.2, 0.25) is 0 Å². The smallest absolute Gasteiger partial charge is 0.169 e. The van der Waals surface area contributed by atoms with E-state index in [1.807, 2.05) is 12.1 Å². The Hall–Kier alpha value is -0.570. The fourth-order valence-corrected chi connectivity index (χ4v) is 1.81. The van der Waals surface area contributed by atoms with E-state index in [4.69, 9.17) is 4.42 Å². The van der Waals surface area contributed by atoms with Crippen LogP contribution in [0.15, 0.2) is 21.2 Å². The summed E-state index contributed by atoms with van der Waals surface area (Å²) in [7, 11) is 0. The molecule has 1 aliphatic carbocycles. The van der Waals surface area contributed by atoms with Gasteiger partial charge in [0.25, 0.3) is 0 Å². The number of ketones is 1. The van der Waals surface area contributed by atoms with Gasteiger partial charge in [0.15, 0.2) is 4.67 Å². The van der Waals surface area contributed by atoms with E-state index in [1.165, 1.54) is 0 Å². The normalized spacial score (nSPS) is 27.2. The van der Waals surface area contributed by atoms with E-state index in [2.05, 4.69) is 15.9 Å². The van der Waals surface area contributed by atoms with Crippen molar-refractivity contribution in [2.45, 2.75) is 19.3 Å². The number of rotatable bonds is 2. The maximum atomic E-state index is 10.9. The van der Waals surface area contributed by atoms with Crippen molar-refractivity contribution in [1.82, 2.24) is 0 Å². The molecule has 0 saturated heterocycles. The molecule has 0 N–H and O–H groups in total. The number of hydrogen-bond donors (Lipinski definition) is 0. The van der Waals surface area contributed by atoms with Crippen LogP contribution in [-0.4, -0.2) is 5.78 Å². The largest absolute Gasteiger partial charge is 0.454 e. The minimum Gasteiger partial charge on any atom is -0.454 e. The van der Waals surface area contributed by atoms with Gasteiger partial charge in [-0.3, -0.25) is 4.79 Å². The second-order valence-corrected chi connectivity index (χ2v) is 3.98. The van der Waals surface area contributed by atoms with Crippen LogP contribution in [-0.2, 0) is 4.79 Å². The van der Waals surface area contributed by atoms with E-state index >= 15 is 0 Å². The molecule has 2 unspecified atom stereocenters. The first-order chi connectivity index (χ1) is 5.68. The predicted octanol–water partition coefficient (Wildman–Crippen LogP) is 2.73. The van der Waals surface area contributed by atoms with Crippen LogP contribution in [0.3, 0.4) is 0 Å². The standard InChI is InChI=1S/C9H9BrO2/c1-5(11)6-4-7(6)8-2-3-9(10)12-8/h2-3,6-7H,4H2,1H3. The molecular formula is C9H9BrO2. The van der Waals surface area contributed by atoms with E-state index in [0.29, 0.717) is 5.92 Å². The van der Waals surface area contributed by atoms with Crippen molar-refractivity contribution >= 4 is 21.7 Å². The summed E-state index contributed by atoms with van der Waals surface area (Å²) in [6.45, 7) is 1.64. The Morgan fingerprint density at radius 3 is 2.83 bits per heavy atom. The first-order valence-electron chi connectivity index (χ1n) is 3.94. The summed E-state index contributed by atoms with van der Waals surface area (Å²) < 4.78 is 6.09. The highest BCUT2D eigenvalue weighted by atomic mass is 79.9. The molecule has 1 fully saturated rings. The van der Waals surface area contributed by atoms with Crippen LogP contribution in [0.1, 0.15) is 25.0 Å². The molecule has 1 aliphatic rings. The zero-order valence-electron chi connectivity index (χ0n) is 6.71. The first-order valence-corrected chi connectivity index (χ1v) is 4.73. The number of Topliss-reactive ketones (excluding diaryl/α,β-unsaturated/α-hetero) is 1. The van der Waals surface area contributed by atoms with Gasteiger partial charge in [0.1, 0.15) is 11.5 Å². The second-order valence-electron chi connectivity index (χ2n) is 3.20. The number of furan rings is 1. The average molecular weight is 229 g/mol. The third kappa shape index (κ3) is 1.33. The van der Waals surface area contributed by atoms with Crippen molar-refractivity contribution in [2.24, 2.45) is 5.92 Å². The van der Waals surface area contributed by atoms with Crippen molar-refractivity contribution in [3.63, 3.8) is 0 Å². The summed E-state index contributed by atoms with van der Waals surface area (Å²) >= 11 is 3.23. The summed E-state index contributed by atoms with van der Waals surface area (Å²) in [5, 5.41) is 0. The van der Waals surface area contributed by atoms with Crippen LogP contribution in [0.2, 0.25) is 0 Å². The molecule has 12 heavy (non-hydrogen) atoms. The summed E-state index contributed by atoms with van der Waals surface area (Å²) in [4.78, 5) is 10.9. The van der Waals surface area contributed by atoms with Gasteiger partial charge in [-0.1, -0.05) is 0 Å². The maximum Gasteiger partial charge on any atom is 0.169 e. The van der Waals surface area contributed by atoms with Gasteiger partial charge in [-0.15, -0.1) is 0 Å². The maximum absolute atomic E-state index is 10.9. The molecule has 0 radical (unpaired) electrons. The molecule has 2 rings (SSSR count). The van der Waals surface area contributed by atoms with E-state index in [9.17, 15) is 4.79 Å². The number of halogens is 1. The summed E-state index contributed by atoms with van der Waals surface area (Å²) in [6, 6.07) is 3.79. The average Bonchev–Trinajstić information content (AvgIpc) is 2.70. The van der Waals surface area contributed by atoms with Crippen molar-refractivity contribution in [3.8, 4) is 0 Å². The highest BCUT2D eigenvalue weighted by molar-refractivity contribution is 9.10. The Balaban J connectivity index is 2.10. The topological polar surface area (TPSA) is 30.2 Å². The van der Waals surface area contributed by atoms with Gasteiger partial charge in [0.05, 0.1) is 0 Å². The molecule has 1 heterocycles. The molecule has 1 aromatic heterocycles.